The minimum atomic E-state index is -0.143. The van der Waals surface area contributed by atoms with Crippen LogP contribution in [-0.2, 0) is 11.2 Å². The van der Waals surface area contributed by atoms with Gasteiger partial charge >= 0.3 is 0 Å². The summed E-state index contributed by atoms with van der Waals surface area (Å²) in [6.45, 7) is 2.59. The standard InChI is InChI=1S/C17H22N2OS/c1-13-10-11-15(21-13)8-5-9-17(20)19-12-16(18)14-6-3-2-4-7-14/h2-4,6-7,10-11,16H,5,8-9,12,18H2,1H3,(H,19,20). The molecule has 1 unspecified atom stereocenters. The van der Waals surface area contributed by atoms with Crippen molar-refractivity contribution in [2.45, 2.75) is 32.2 Å². The van der Waals surface area contributed by atoms with E-state index in [-0.39, 0.29) is 11.9 Å². The van der Waals surface area contributed by atoms with Crippen LogP contribution in [0.3, 0.4) is 0 Å². The van der Waals surface area contributed by atoms with Crippen molar-refractivity contribution in [3.8, 4) is 0 Å². The van der Waals surface area contributed by atoms with Crippen molar-refractivity contribution in [3.63, 3.8) is 0 Å². The lowest BCUT2D eigenvalue weighted by molar-refractivity contribution is -0.121. The lowest BCUT2D eigenvalue weighted by Crippen LogP contribution is -2.31. The molecule has 21 heavy (non-hydrogen) atoms. The van der Waals surface area contributed by atoms with Crippen molar-refractivity contribution >= 4 is 17.2 Å². The number of nitrogens with two attached hydrogens (primary N) is 1. The zero-order valence-electron chi connectivity index (χ0n) is 12.3. The lowest BCUT2D eigenvalue weighted by atomic mass is 10.1. The van der Waals surface area contributed by atoms with Gasteiger partial charge in [0.15, 0.2) is 0 Å². The van der Waals surface area contributed by atoms with Crippen LogP contribution >= 0.6 is 11.3 Å². The van der Waals surface area contributed by atoms with Gasteiger partial charge in [0.05, 0.1) is 0 Å². The fourth-order valence-electron chi connectivity index (χ4n) is 2.17. The third-order valence-corrected chi connectivity index (χ3v) is 4.43. The Morgan fingerprint density at radius 2 is 2.00 bits per heavy atom. The first-order valence-electron chi connectivity index (χ1n) is 7.27. The number of carbonyl (C=O) groups excluding carboxylic acids is 1. The number of amides is 1. The molecule has 0 fully saturated rings. The molecular weight excluding hydrogens is 280 g/mol. The van der Waals surface area contributed by atoms with Crippen LogP contribution < -0.4 is 11.1 Å². The van der Waals surface area contributed by atoms with Crippen molar-refractivity contribution < 1.29 is 4.79 Å². The minimum Gasteiger partial charge on any atom is -0.354 e. The van der Waals surface area contributed by atoms with Crippen LogP contribution in [0.1, 0.15) is 34.2 Å². The number of benzene rings is 1. The maximum Gasteiger partial charge on any atom is 0.220 e. The first kappa shape index (κ1) is 15.7. The van der Waals surface area contributed by atoms with Gasteiger partial charge in [0, 0.05) is 28.8 Å². The average molecular weight is 302 g/mol. The van der Waals surface area contributed by atoms with E-state index in [2.05, 4.69) is 24.4 Å². The van der Waals surface area contributed by atoms with Gasteiger partial charge in [-0.15, -0.1) is 11.3 Å². The number of hydrogen-bond acceptors (Lipinski definition) is 3. The minimum absolute atomic E-state index is 0.0784. The van der Waals surface area contributed by atoms with E-state index in [0.717, 1.165) is 18.4 Å². The summed E-state index contributed by atoms with van der Waals surface area (Å²) in [4.78, 5) is 14.5. The Bertz CT molecular complexity index is 565. The third-order valence-electron chi connectivity index (χ3n) is 3.37. The van der Waals surface area contributed by atoms with E-state index < -0.39 is 0 Å². The molecule has 2 aromatic rings. The van der Waals surface area contributed by atoms with Crippen molar-refractivity contribution in [1.29, 1.82) is 0 Å². The van der Waals surface area contributed by atoms with Gasteiger partial charge in [0.1, 0.15) is 0 Å². The van der Waals surface area contributed by atoms with Gasteiger partial charge in [-0.1, -0.05) is 30.3 Å². The number of nitrogens with one attached hydrogen (secondary N) is 1. The summed E-state index contributed by atoms with van der Waals surface area (Å²) >= 11 is 1.80. The Hall–Kier alpha value is -1.65. The molecule has 112 valence electrons. The van der Waals surface area contributed by atoms with Gasteiger partial charge in [-0.2, -0.15) is 0 Å². The number of thiophene rings is 1. The summed E-state index contributed by atoms with van der Waals surface area (Å²) in [5.74, 6) is 0.0784. The molecule has 0 aliphatic rings. The normalized spacial score (nSPS) is 12.1. The highest BCUT2D eigenvalue weighted by Crippen LogP contribution is 2.17. The molecule has 0 radical (unpaired) electrons. The fraction of sp³-hybridized carbons (Fsp3) is 0.353. The van der Waals surface area contributed by atoms with Gasteiger partial charge < -0.3 is 11.1 Å². The molecule has 0 aliphatic carbocycles. The molecule has 0 spiro atoms. The molecule has 1 aromatic heterocycles. The maximum atomic E-state index is 11.8. The van der Waals surface area contributed by atoms with Crippen LogP contribution in [0.5, 0.6) is 0 Å². The van der Waals surface area contributed by atoms with Gasteiger partial charge in [-0.25, -0.2) is 0 Å². The van der Waals surface area contributed by atoms with Crippen LogP contribution in [0, 0.1) is 6.92 Å². The second-order valence-corrected chi connectivity index (χ2v) is 6.56. The fourth-order valence-corrected chi connectivity index (χ4v) is 3.11. The average Bonchev–Trinajstić information content (AvgIpc) is 2.91. The maximum absolute atomic E-state index is 11.8. The van der Waals surface area contributed by atoms with E-state index in [9.17, 15) is 4.79 Å². The highest BCUT2D eigenvalue weighted by atomic mass is 32.1. The second kappa shape index (κ2) is 7.96. The Morgan fingerprint density at radius 1 is 1.24 bits per heavy atom. The molecule has 1 heterocycles. The van der Waals surface area contributed by atoms with Crippen LogP contribution in [0.15, 0.2) is 42.5 Å². The highest BCUT2D eigenvalue weighted by molar-refractivity contribution is 7.11. The number of hydrogen-bond donors (Lipinski definition) is 2. The van der Waals surface area contributed by atoms with Gasteiger partial charge in [-0.05, 0) is 37.5 Å². The monoisotopic (exact) mass is 302 g/mol. The van der Waals surface area contributed by atoms with Gasteiger partial charge in [0.25, 0.3) is 0 Å². The molecule has 3 N–H and O–H groups in total. The van der Waals surface area contributed by atoms with E-state index in [0.29, 0.717) is 13.0 Å². The van der Waals surface area contributed by atoms with Crippen molar-refractivity contribution in [3.05, 3.63) is 57.8 Å². The largest absolute Gasteiger partial charge is 0.354 e. The summed E-state index contributed by atoms with van der Waals surface area (Å²) in [5.41, 5.74) is 7.10. The van der Waals surface area contributed by atoms with Crippen LogP contribution in [0.4, 0.5) is 0 Å². The molecule has 1 amide bonds. The van der Waals surface area contributed by atoms with Crippen LogP contribution in [0.25, 0.3) is 0 Å². The Labute approximate surface area is 130 Å². The predicted molar refractivity (Wildman–Crippen MR) is 88.4 cm³/mol. The summed E-state index contributed by atoms with van der Waals surface area (Å²) in [5, 5.41) is 2.91. The summed E-state index contributed by atoms with van der Waals surface area (Å²) in [7, 11) is 0. The molecule has 4 heteroatoms. The molecule has 0 saturated heterocycles. The highest BCUT2D eigenvalue weighted by Gasteiger charge is 2.08. The second-order valence-electron chi connectivity index (χ2n) is 5.19. The van der Waals surface area contributed by atoms with E-state index in [1.807, 2.05) is 30.3 Å². The van der Waals surface area contributed by atoms with Crippen molar-refractivity contribution in [1.82, 2.24) is 5.32 Å². The molecule has 0 bridgehead atoms. The smallest absolute Gasteiger partial charge is 0.220 e. The van der Waals surface area contributed by atoms with Gasteiger partial charge in [0.2, 0.25) is 5.91 Å². The quantitative estimate of drug-likeness (QED) is 0.825. The van der Waals surface area contributed by atoms with E-state index in [4.69, 9.17) is 5.73 Å². The first-order valence-corrected chi connectivity index (χ1v) is 8.09. The molecule has 1 aromatic carbocycles. The van der Waals surface area contributed by atoms with E-state index >= 15 is 0 Å². The summed E-state index contributed by atoms with van der Waals surface area (Å²) in [6, 6.07) is 14.0. The SMILES string of the molecule is Cc1ccc(CCCC(=O)NCC(N)c2ccccc2)s1. The lowest BCUT2D eigenvalue weighted by Gasteiger charge is -2.13. The molecule has 2 rings (SSSR count). The number of rotatable bonds is 7. The Morgan fingerprint density at radius 3 is 2.67 bits per heavy atom. The molecule has 3 nitrogen and oxygen atoms in total. The summed E-state index contributed by atoms with van der Waals surface area (Å²) < 4.78 is 0. The molecule has 0 aliphatic heterocycles. The molecule has 1 atom stereocenters. The van der Waals surface area contributed by atoms with E-state index in [1.165, 1.54) is 9.75 Å². The number of carbonyl (C=O) groups is 1. The van der Waals surface area contributed by atoms with Crippen molar-refractivity contribution in [2.75, 3.05) is 6.54 Å². The van der Waals surface area contributed by atoms with Crippen LogP contribution in [-0.4, -0.2) is 12.5 Å². The number of aryl methyl sites for hydroxylation is 2. The first-order chi connectivity index (χ1) is 10.1. The third kappa shape index (κ3) is 5.33. The van der Waals surface area contributed by atoms with Crippen LogP contribution in [0.2, 0.25) is 0 Å². The summed E-state index contributed by atoms with van der Waals surface area (Å²) in [6.07, 6.45) is 2.40. The van der Waals surface area contributed by atoms with Gasteiger partial charge in [-0.3, -0.25) is 4.79 Å². The van der Waals surface area contributed by atoms with E-state index in [1.54, 1.807) is 11.3 Å². The molecular formula is C17H22N2OS. The zero-order chi connectivity index (χ0) is 15.1. The Kier molecular flexibility index (Phi) is 5.96. The zero-order valence-corrected chi connectivity index (χ0v) is 13.2. The topological polar surface area (TPSA) is 55.1 Å². The molecule has 0 saturated carbocycles. The predicted octanol–water partition coefficient (Wildman–Crippen LogP) is 3.20. The Balaban J connectivity index is 1.65. The van der Waals surface area contributed by atoms with Crippen molar-refractivity contribution in [2.24, 2.45) is 5.73 Å².